The number of thiocarbonyl (C=S) groups is 1. The van der Waals surface area contributed by atoms with Crippen LogP contribution in [-0.2, 0) is 10.3 Å². The number of pyridine rings is 1. The van der Waals surface area contributed by atoms with Gasteiger partial charge in [0.1, 0.15) is 7.11 Å². The Morgan fingerprint density at radius 1 is 1.53 bits per heavy atom. The first-order chi connectivity index (χ1) is 9.25. The molecule has 2 rings (SSSR count). The number of aromatic nitrogens is 1. The van der Waals surface area contributed by atoms with Crippen LogP contribution in [0.15, 0.2) is 29.7 Å². The quantitative estimate of drug-likeness (QED) is 0.681. The number of nitrogens with zero attached hydrogens (tertiary/aromatic N) is 2. The standard InChI is InChI=1S/C14H19N3OS/c1-15-13(19)14(11-6-5-9-16-10-11)8-4-3-7-12(14)17-18-2/h5-6,9-10H,3-4,7-8H2,1-2H3,(H,15,19)/b17-12-. The van der Waals surface area contributed by atoms with Crippen molar-refractivity contribution in [1.29, 1.82) is 0 Å². The number of likely N-dealkylation sites (N-methyl/N-ethyl adjacent to an activating group) is 1. The molecule has 1 heterocycles. The van der Waals surface area contributed by atoms with Crippen LogP contribution in [0.1, 0.15) is 31.2 Å². The van der Waals surface area contributed by atoms with Crippen LogP contribution in [0.3, 0.4) is 0 Å². The summed E-state index contributed by atoms with van der Waals surface area (Å²) in [6, 6.07) is 4.00. The molecule has 0 saturated heterocycles. The van der Waals surface area contributed by atoms with E-state index in [-0.39, 0.29) is 5.41 Å². The molecule has 1 fully saturated rings. The Kier molecular flexibility index (Phi) is 4.47. The molecule has 4 nitrogen and oxygen atoms in total. The molecule has 1 N–H and O–H groups in total. The van der Waals surface area contributed by atoms with E-state index < -0.39 is 0 Å². The number of hydrogen-bond acceptors (Lipinski definition) is 4. The van der Waals surface area contributed by atoms with Gasteiger partial charge in [-0.25, -0.2) is 0 Å². The maximum atomic E-state index is 5.59. The molecule has 0 spiro atoms. The van der Waals surface area contributed by atoms with Gasteiger partial charge in [0.25, 0.3) is 0 Å². The lowest BCUT2D eigenvalue weighted by Crippen LogP contribution is -2.50. The minimum Gasteiger partial charge on any atom is -0.399 e. The van der Waals surface area contributed by atoms with Crippen LogP contribution < -0.4 is 5.32 Å². The molecule has 1 aliphatic rings. The maximum Gasteiger partial charge on any atom is 0.106 e. The van der Waals surface area contributed by atoms with Crippen LogP contribution in [-0.4, -0.2) is 29.8 Å². The lowest BCUT2D eigenvalue weighted by atomic mass is 9.68. The molecule has 0 aromatic carbocycles. The minimum absolute atomic E-state index is 0.368. The average molecular weight is 277 g/mol. The van der Waals surface area contributed by atoms with Gasteiger partial charge in [-0.15, -0.1) is 0 Å². The number of hydrogen-bond donors (Lipinski definition) is 1. The maximum absolute atomic E-state index is 5.59. The first-order valence-corrected chi connectivity index (χ1v) is 6.89. The summed E-state index contributed by atoms with van der Waals surface area (Å²) in [5.74, 6) is 0. The summed E-state index contributed by atoms with van der Waals surface area (Å²) in [7, 11) is 3.44. The van der Waals surface area contributed by atoms with Gasteiger partial charge in [-0.1, -0.05) is 29.9 Å². The fourth-order valence-electron chi connectivity index (χ4n) is 2.79. The number of rotatable bonds is 3. The lowest BCUT2D eigenvalue weighted by Gasteiger charge is -2.38. The molecule has 1 aromatic rings. The fourth-order valence-corrected chi connectivity index (χ4v) is 3.13. The van der Waals surface area contributed by atoms with Crippen molar-refractivity contribution in [3.05, 3.63) is 30.1 Å². The summed E-state index contributed by atoms with van der Waals surface area (Å²) >= 11 is 5.59. The van der Waals surface area contributed by atoms with Crippen LogP contribution >= 0.6 is 12.2 Å². The van der Waals surface area contributed by atoms with E-state index in [1.54, 1.807) is 13.3 Å². The van der Waals surface area contributed by atoms with Gasteiger partial charge in [0, 0.05) is 19.4 Å². The van der Waals surface area contributed by atoms with E-state index >= 15 is 0 Å². The third kappa shape index (κ3) is 2.47. The van der Waals surface area contributed by atoms with E-state index in [2.05, 4.69) is 21.5 Å². The molecule has 0 amide bonds. The Labute approximate surface area is 119 Å². The summed E-state index contributed by atoms with van der Waals surface area (Å²) in [4.78, 5) is 10.1. The molecule has 1 unspecified atom stereocenters. The molecule has 1 aromatic heterocycles. The SMILES string of the molecule is CNC(=S)C1(c2cccnc2)CCCC/C1=N/OC. The average Bonchev–Trinajstić information content (AvgIpc) is 2.48. The molecule has 0 aliphatic heterocycles. The van der Waals surface area contributed by atoms with Crippen molar-refractivity contribution < 1.29 is 4.84 Å². The third-order valence-corrected chi connectivity index (χ3v) is 4.23. The van der Waals surface area contributed by atoms with E-state index in [4.69, 9.17) is 17.1 Å². The molecule has 1 saturated carbocycles. The fraction of sp³-hybridized carbons (Fsp3) is 0.500. The molecule has 19 heavy (non-hydrogen) atoms. The normalized spacial score (nSPS) is 25.1. The lowest BCUT2D eigenvalue weighted by molar-refractivity contribution is 0.208. The van der Waals surface area contributed by atoms with Crippen molar-refractivity contribution in [2.24, 2.45) is 5.16 Å². The van der Waals surface area contributed by atoms with Crippen molar-refractivity contribution in [1.82, 2.24) is 10.3 Å². The highest BCUT2D eigenvalue weighted by atomic mass is 32.1. The van der Waals surface area contributed by atoms with Gasteiger partial charge in [0.2, 0.25) is 0 Å². The first-order valence-electron chi connectivity index (χ1n) is 6.49. The molecule has 1 atom stereocenters. The van der Waals surface area contributed by atoms with Crippen LogP contribution in [0.25, 0.3) is 0 Å². The van der Waals surface area contributed by atoms with E-state index in [1.807, 2.05) is 19.3 Å². The van der Waals surface area contributed by atoms with Crippen molar-refractivity contribution in [3.8, 4) is 0 Å². The van der Waals surface area contributed by atoms with Gasteiger partial charge in [-0.05, 0) is 30.9 Å². The van der Waals surface area contributed by atoms with Gasteiger partial charge in [0.15, 0.2) is 0 Å². The molecule has 102 valence electrons. The minimum atomic E-state index is -0.368. The number of oxime groups is 1. The Morgan fingerprint density at radius 2 is 2.37 bits per heavy atom. The summed E-state index contributed by atoms with van der Waals surface area (Å²) in [5, 5.41) is 7.37. The van der Waals surface area contributed by atoms with Crippen LogP contribution in [0.5, 0.6) is 0 Å². The molecule has 0 radical (unpaired) electrons. The van der Waals surface area contributed by atoms with Gasteiger partial charge < -0.3 is 10.2 Å². The van der Waals surface area contributed by atoms with Gasteiger partial charge in [-0.3, -0.25) is 4.98 Å². The van der Waals surface area contributed by atoms with Gasteiger partial charge in [-0.2, -0.15) is 0 Å². The second-order valence-electron chi connectivity index (χ2n) is 4.65. The van der Waals surface area contributed by atoms with E-state index in [1.165, 1.54) is 0 Å². The van der Waals surface area contributed by atoms with Crippen molar-refractivity contribution in [2.75, 3.05) is 14.2 Å². The van der Waals surface area contributed by atoms with Crippen molar-refractivity contribution >= 4 is 22.9 Å². The number of nitrogens with one attached hydrogen (secondary N) is 1. The second kappa shape index (κ2) is 6.10. The highest BCUT2D eigenvalue weighted by molar-refractivity contribution is 7.80. The predicted molar refractivity (Wildman–Crippen MR) is 80.5 cm³/mol. The third-order valence-electron chi connectivity index (χ3n) is 3.68. The summed E-state index contributed by atoms with van der Waals surface area (Å²) in [6.45, 7) is 0. The highest BCUT2D eigenvalue weighted by Gasteiger charge is 2.44. The Bertz CT molecular complexity index is 475. The zero-order valence-corrected chi connectivity index (χ0v) is 12.2. The smallest absolute Gasteiger partial charge is 0.106 e. The predicted octanol–water partition coefficient (Wildman–Crippen LogP) is 2.44. The monoisotopic (exact) mass is 277 g/mol. The molecular weight excluding hydrogens is 258 g/mol. The van der Waals surface area contributed by atoms with Crippen LogP contribution in [0, 0.1) is 0 Å². The van der Waals surface area contributed by atoms with E-state index in [9.17, 15) is 0 Å². The summed E-state index contributed by atoms with van der Waals surface area (Å²) < 4.78 is 0. The van der Waals surface area contributed by atoms with Crippen LogP contribution in [0.2, 0.25) is 0 Å². The zero-order valence-electron chi connectivity index (χ0n) is 11.3. The summed E-state index contributed by atoms with van der Waals surface area (Å²) in [5.41, 5.74) is 1.71. The Balaban J connectivity index is 2.56. The van der Waals surface area contributed by atoms with Gasteiger partial charge >= 0.3 is 0 Å². The molecule has 1 aliphatic carbocycles. The van der Waals surface area contributed by atoms with Crippen LogP contribution in [0.4, 0.5) is 0 Å². The van der Waals surface area contributed by atoms with E-state index in [0.717, 1.165) is 41.9 Å². The Hall–Kier alpha value is -1.49. The first kappa shape index (κ1) is 13.9. The Morgan fingerprint density at radius 3 is 3.00 bits per heavy atom. The van der Waals surface area contributed by atoms with Crippen molar-refractivity contribution in [2.45, 2.75) is 31.1 Å². The van der Waals surface area contributed by atoms with E-state index in [0.29, 0.717) is 0 Å². The molecular formula is C14H19N3OS. The summed E-state index contributed by atoms with van der Waals surface area (Å²) in [6.07, 6.45) is 7.75. The topological polar surface area (TPSA) is 46.5 Å². The van der Waals surface area contributed by atoms with Crippen molar-refractivity contribution in [3.63, 3.8) is 0 Å². The second-order valence-corrected chi connectivity index (χ2v) is 5.06. The zero-order chi connectivity index (χ0) is 13.7. The highest BCUT2D eigenvalue weighted by Crippen LogP contribution is 2.38. The van der Waals surface area contributed by atoms with Gasteiger partial charge in [0.05, 0.1) is 16.1 Å². The molecule has 5 heteroatoms. The molecule has 0 bridgehead atoms. The largest absolute Gasteiger partial charge is 0.399 e.